The number of anilines is 1. The minimum atomic E-state index is -3.91. The highest BCUT2D eigenvalue weighted by atomic mass is 32.2. The Balaban J connectivity index is 1.04. The Morgan fingerprint density at radius 1 is 0.902 bits per heavy atom. The van der Waals surface area contributed by atoms with Gasteiger partial charge in [-0.05, 0) is 148 Å². The van der Waals surface area contributed by atoms with Gasteiger partial charge in [-0.15, -0.1) is 11.3 Å². The zero-order valence-corrected chi connectivity index (χ0v) is 36.9. The van der Waals surface area contributed by atoms with Crippen LogP contribution in [0.4, 0.5) is 5.69 Å². The third-order valence-corrected chi connectivity index (χ3v) is 15.0. The topological polar surface area (TPSA) is 102 Å². The van der Waals surface area contributed by atoms with Crippen molar-refractivity contribution < 1.29 is 22.7 Å². The quantitative estimate of drug-likeness (QED) is 0.0721. The highest BCUT2D eigenvalue weighted by Crippen LogP contribution is 2.45. The largest absolute Gasteiger partial charge is 0.493 e. The van der Waals surface area contributed by atoms with Crippen LogP contribution < -0.4 is 14.8 Å². The second-order valence-electron chi connectivity index (χ2n) is 17.2. The van der Waals surface area contributed by atoms with Gasteiger partial charge in [-0.2, -0.15) is 0 Å². The maximum absolute atomic E-state index is 14.4. The van der Waals surface area contributed by atoms with E-state index in [1.54, 1.807) is 23.5 Å². The van der Waals surface area contributed by atoms with Crippen LogP contribution in [0.2, 0.25) is 0 Å². The Morgan fingerprint density at radius 2 is 1.70 bits per heavy atom. The Labute approximate surface area is 361 Å². The maximum atomic E-state index is 14.4. The molecule has 1 aliphatic heterocycles. The molecule has 0 aliphatic carbocycles. The molecular formula is C51H51N3O5S2. The molecule has 8 nitrogen and oxygen atoms in total. The number of carbonyl (C=O) groups excluding carboxylic acids is 1. The molecule has 1 unspecified atom stereocenters. The van der Waals surface area contributed by atoms with Crippen molar-refractivity contribution in [3.8, 4) is 11.5 Å². The van der Waals surface area contributed by atoms with Crippen molar-refractivity contribution in [3.05, 3.63) is 154 Å². The molecule has 8 aromatic rings. The van der Waals surface area contributed by atoms with Gasteiger partial charge in [0.05, 0.1) is 22.4 Å². The normalized spacial score (nSPS) is 14.5. The number of rotatable bonds is 12. The summed E-state index contributed by atoms with van der Waals surface area (Å²) in [5.41, 5.74) is 8.28. The SMILES string of the molecule is Cc1ccc(S(=O)(=O)n2cc(Cc3cc4ccccc4s3)c3c4c(ccc32)C(c2c[nH]c3ccc(OC(=O)C(C)(C)CCCOc5cc(C)ccc5C)cc23)CCCN4)cc1. The van der Waals surface area contributed by atoms with Crippen molar-refractivity contribution >= 4 is 64.9 Å². The number of H-pyrrole nitrogens is 1. The van der Waals surface area contributed by atoms with Crippen LogP contribution in [-0.4, -0.2) is 36.5 Å². The third kappa shape index (κ3) is 7.95. The number of aryl methyl sites for hydroxylation is 3. The molecule has 5 aromatic carbocycles. The predicted octanol–water partition coefficient (Wildman–Crippen LogP) is 12.2. The van der Waals surface area contributed by atoms with E-state index in [0.717, 1.165) is 80.5 Å². The van der Waals surface area contributed by atoms with E-state index in [2.05, 4.69) is 65.9 Å². The maximum Gasteiger partial charge on any atom is 0.316 e. The number of nitrogens with one attached hydrogen (secondary N) is 2. The lowest BCUT2D eigenvalue weighted by Crippen LogP contribution is -2.29. The summed E-state index contributed by atoms with van der Waals surface area (Å²) in [5.74, 6) is 1.10. The molecule has 0 fully saturated rings. The zero-order valence-electron chi connectivity index (χ0n) is 35.3. The van der Waals surface area contributed by atoms with Gasteiger partial charge in [0.25, 0.3) is 10.0 Å². The van der Waals surface area contributed by atoms with Crippen LogP contribution in [0.1, 0.15) is 83.7 Å². The summed E-state index contributed by atoms with van der Waals surface area (Å²) in [6.45, 7) is 11.2. The van der Waals surface area contributed by atoms with E-state index in [0.29, 0.717) is 37.1 Å². The van der Waals surface area contributed by atoms with Gasteiger partial charge in [0.15, 0.2) is 0 Å². The number of hydrogen-bond acceptors (Lipinski definition) is 7. The fourth-order valence-corrected chi connectivity index (χ4v) is 11.2. The average molecular weight is 850 g/mol. The Kier molecular flexibility index (Phi) is 10.8. The van der Waals surface area contributed by atoms with Crippen LogP contribution in [0, 0.1) is 26.2 Å². The van der Waals surface area contributed by atoms with Crippen LogP contribution in [0.25, 0.3) is 31.9 Å². The molecule has 0 saturated carbocycles. The van der Waals surface area contributed by atoms with Crippen molar-refractivity contribution in [2.24, 2.45) is 5.41 Å². The highest BCUT2D eigenvalue weighted by molar-refractivity contribution is 7.90. The number of hydrogen-bond donors (Lipinski definition) is 2. The molecule has 0 amide bonds. The lowest BCUT2D eigenvalue weighted by Gasteiger charge is -2.23. The Morgan fingerprint density at radius 3 is 2.52 bits per heavy atom. The van der Waals surface area contributed by atoms with Crippen LogP contribution >= 0.6 is 11.3 Å². The summed E-state index contributed by atoms with van der Waals surface area (Å²) < 4.78 is 43.7. The summed E-state index contributed by atoms with van der Waals surface area (Å²) in [7, 11) is -3.91. The Bertz CT molecular complexity index is 3010. The zero-order chi connectivity index (χ0) is 42.5. The molecule has 1 aliphatic rings. The standard InChI is InChI=1S/C51H51N3O5S2/c1-32-14-18-39(19-15-32)61(56,57)54-31-36(28-38-27-35-10-6-7-12-47(35)60-38)48-45(54)22-20-41-40(11-8-24-52-49(41)48)43-30-53-44-21-17-37(29-42(43)44)59-50(55)51(4,5)23-9-25-58-46-26-33(2)13-16-34(46)3/h6-7,10,12-22,26-27,29-31,40,52-53H,8-9,11,23-25,28H2,1-5H3. The highest BCUT2D eigenvalue weighted by Gasteiger charge is 2.31. The number of aromatic nitrogens is 2. The molecule has 312 valence electrons. The van der Waals surface area contributed by atoms with E-state index in [9.17, 15) is 13.2 Å². The van der Waals surface area contributed by atoms with Gasteiger partial charge >= 0.3 is 5.97 Å². The second kappa shape index (κ2) is 16.2. The molecule has 0 radical (unpaired) electrons. The molecule has 0 bridgehead atoms. The van der Waals surface area contributed by atoms with Crippen molar-refractivity contribution in [1.29, 1.82) is 0 Å². The van der Waals surface area contributed by atoms with Crippen LogP contribution in [0.3, 0.4) is 0 Å². The predicted molar refractivity (Wildman–Crippen MR) is 248 cm³/mol. The van der Waals surface area contributed by atoms with Crippen molar-refractivity contribution in [2.45, 2.75) is 77.5 Å². The number of carbonyl (C=O) groups is 1. The molecule has 10 heteroatoms. The van der Waals surface area contributed by atoms with Gasteiger partial charge in [-0.3, -0.25) is 4.79 Å². The molecule has 2 N–H and O–H groups in total. The number of benzene rings is 5. The van der Waals surface area contributed by atoms with Gasteiger partial charge in [0, 0.05) is 62.8 Å². The molecule has 4 heterocycles. The molecular weight excluding hydrogens is 799 g/mol. The molecule has 0 spiro atoms. The van der Waals surface area contributed by atoms with Crippen LogP contribution in [0.15, 0.2) is 120 Å². The van der Waals surface area contributed by atoms with Gasteiger partial charge in [0.2, 0.25) is 0 Å². The summed E-state index contributed by atoms with van der Waals surface area (Å²) in [6.07, 6.45) is 7.63. The summed E-state index contributed by atoms with van der Waals surface area (Å²) in [6, 6.07) is 33.7. The fourth-order valence-electron chi connectivity index (χ4n) is 8.72. The summed E-state index contributed by atoms with van der Waals surface area (Å²) in [5, 5.41) is 6.87. The number of nitrogens with zero attached hydrogens (tertiary/aromatic N) is 1. The number of ether oxygens (including phenoxy) is 2. The average Bonchev–Trinajstić information content (AvgIpc) is 3.92. The van der Waals surface area contributed by atoms with E-state index in [1.165, 1.54) is 18.9 Å². The minimum Gasteiger partial charge on any atom is -0.493 e. The van der Waals surface area contributed by atoms with Crippen molar-refractivity contribution in [2.75, 3.05) is 18.5 Å². The summed E-state index contributed by atoms with van der Waals surface area (Å²) in [4.78, 5) is 18.6. The van der Waals surface area contributed by atoms with Gasteiger partial charge in [0.1, 0.15) is 11.5 Å². The van der Waals surface area contributed by atoms with Crippen LogP contribution in [-0.2, 0) is 21.2 Å². The van der Waals surface area contributed by atoms with E-state index in [-0.39, 0.29) is 16.8 Å². The fraction of sp³-hybridized carbons (Fsp3) is 0.275. The first-order valence-corrected chi connectivity index (χ1v) is 23.4. The monoisotopic (exact) mass is 849 g/mol. The lowest BCUT2D eigenvalue weighted by atomic mass is 9.86. The number of thiophene rings is 1. The van der Waals surface area contributed by atoms with Crippen molar-refractivity contribution in [1.82, 2.24) is 8.96 Å². The van der Waals surface area contributed by atoms with Gasteiger partial charge in [-0.25, -0.2) is 12.4 Å². The summed E-state index contributed by atoms with van der Waals surface area (Å²) >= 11 is 1.74. The molecule has 1 atom stereocenters. The first-order valence-electron chi connectivity index (χ1n) is 21.1. The van der Waals surface area contributed by atoms with E-state index in [1.807, 2.05) is 82.4 Å². The molecule has 3 aromatic heterocycles. The van der Waals surface area contributed by atoms with Crippen LogP contribution in [0.5, 0.6) is 11.5 Å². The lowest BCUT2D eigenvalue weighted by molar-refractivity contribution is -0.144. The number of fused-ring (bicyclic) bond motifs is 5. The van der Waals surface area contributed by atoms with E-state index < -0.39 is 15.4 Å². The Hall–Kier alpha value is -5.84. The van der Waals surface area contributed by atoms with E-state index >= 15 is 0 Å². The molecule has 0 saturated heterocycles. The van der Waals surface area contributed by atoms with E-state index in [4.69, 9.17) is 9.47 Å². The third-order valence-electron chi connectivity index (χ3n) is 12.2. The first kappa shape index (κ1) is 40.6. The first-order chi connectivity index (χ1) is 29.4. The number of aromatic amines is 1. The second-order valence-corrected chi connectivity index (χ2v) is 20.2. The van der Waals surface area contributed by atoms with Crippen molar-refractivity contribution in [3.63, 3.8) is 0 Å². The van der Waals surface area contributed by atoms with Gasteiger partial charge < -0.3 is 19.8 Å². The van der Waals surface area contributed by atoms with Gasteiger partial charge in [-0.1, -0.05) is 54.1 Å². The smallest absolute Gasteiger partial charge is 0.316 e. The molecule has 9 rings (SSSR count). The number of esters is 1. The minimum absolute atomic E-state index is 0.00295. The molecule has 61 heavy (non-hydrogen) atoms.